The minimum Gasteiger partial charge on any atom is -0.497 e. The normalized spacial score (nSPS) is 11.3. The van der Waals surface area contributed by atoms with Crippen molar-refractivity contribution in [2.24, 2.45) is 7.05 Å². The number of hydrogen-bond donors (Lipinski definition) is 0. The summed E-state index contributed by atoms with van der Waals surface area (Å²) in [6.07, 6.45) is 6.89. The van der Waals surface area contributed by atoms with Gasteiger partial charge in [-0.25, -0.2) is 4.98 Å². The zero-order chi connectivity index (χ0) is 21.1. The maximum atomic E-state index is 9.39. The largest absolute Gasteiger partial charge is 0.497 e. The Bertz CT molecular complexity index is 1280. The summed E-state index contributed by atoms with van der Waals surface area (Å²) >= 11 is 0. The molecule has 0 bridgehead atoms. The molecule has 0 aliphatic rings. The minimum absolute atomic E-state index is 0.646. The van der Waals surface area contributed by atoms with E-state index in [1.165, 1.54) is 6.08 Å². The molecule has 0 aliphatic heterocycles. The lowest BCUT2D eigenvalue weighted by atomic mass is 9.96. The molecule has 2 aromatic heterocycles. The molecule has 0 fully saturated rings. The molecule has 7 heteroatoms. The van der Waals surface area contributed by atoms with Gasteiger partial charge in [0.1, 0.15) is 11.5 Å². The van der Waals surface area contributed by atoms with Gasteiger partial charge in [-0.3, -0.25) is 9.67 Å². The highest BCUT2D eigenvalue weighted by atomic mass is 16.5. The standard InChI is InChI=1S/C23H19N5O2/c1-28-14-17(12-26-28)23-13-25-21-5-4-15(10-22(21)27-23)20(6-7-24)16-8-18(29-2)11-19(9-16)30-3/h4-6,8-14H,1-3H3. The molecule has 0 spiro atoms. The van der Waals surface area contributed by atoms with E-state index < -0.39 is 0 Å². The molecule has 0 amide bonds. The molecule has 148 valence electrons. The number of aromatic nitrogens is 4. The van der Waals surface area contributed by atoms with E-state index in [-0.39, 0.29) is 0 Å². The van der Waals surface area contributed by atoms with Crippen molar-refractivity contribution in [1.29, 1.82) is 5.26 Å². The van der Waals surface area contributed by atoms with Crippen molar-refractivity contribution < 1.29 is 9.47 Å². The van der Waals surface area contributed by atoms with Crippen LogP contribution < -0.4 is 9.47 Å². The van der Waals surface area contributed by atoms with Crippen LogP contribution in [-0.4, -0.2) is 34.0 Å². The molecule has 30 heavy (non-hydrogen) atoms. The highest BCUT2D eigenvalue weighted by Crippen LogP contribution is 2.32. The molecule has 0 N–H and O–H groups in total. The Morgan fingerprint density at radius 3 is 2.40 bits per heavy atom. The third-order valence-electron chi connectivity index (χ3n) is 4.73. The van der Waals surface area contributed by atoms with Crippen molar-refractivity contribution in [3.63, 3.8) is 0 Å². The molecule has 0 saturated carbocycles. The first-order valence-corrected chi connectivity index (χ1v) is 9.20. The smallest absolute Gasteiger partial charge is 0.123 e. The molecule has 2 heterocycles. The number of nitriles is 1. The second-order valence-electron chi connectivity index (χ2n) is 6.65. The molecular formula is C23H19N5O2. The molecule has 0 aliphatic carbocycles. The van der Waals surface area contributed by atoms with Crippen LogP contribution in [0.1, 0.15) is 11.1 Å². The van der Waals surface area contributed by atoms with Crippen LogP contribution in [0.15, 0.2) is 61.1 Å². The quantitative estimate of drug-likeness (QED) is 0.473. The molecule has 0 unspecified atom stereocenters. The van der Waals surface area contributed by atoms with E-state index in [4.69, 9.17) is 14.5 Å². The van der Waals surface area contributed by atoms with E-state index in [0.29, 0.717) is 11.5 Å². The van der Waals surface area contributed by atoms with Gasteiger partial charge in [-0.2, -0.15) is 10.4 Å². The monoisotopic (exact) mass is 397 g/mol. The summed E-state index contributed by atoms with van der Waals surface area (Å²) in [6, 6.07) is 13.4. The molecule has 0 atom stereocenters. The van der Waals surface area contributed by atoms with Gasteiger partial charge < -0.3 is 9.47 Å². The van der Waals surface area contributed by atoms with Crippen molar-refractivity contribution in [1.82, 2.24) is 19.7 Å². The van der Waals surface area contributed by atoms with E-state index in [1.54, 1.807) is 37.4 Å². The van der Waals surface area contributed by atoms with Gasteiger partial charge in [-0.15, -0.1) is 0 Å². The van der Waals surface area contributed by atoms with Crippen molar-refractivity contribution in [2.75, 3.05) is 14.2 Å². The summed E-state index contributed by atoms with van der Waals surface area (Å²) in [4.78, 5) is 9.26. The fourth-order valence-corrected chi connectivity index (χ4v) is 3.23. The van der Waals surface area contributed by atoms with Crippen molar-refractivity contribution >= 4 is 16.6 Å². The topological polar surface area (TPSA) is 85.9 Å². The van der Waals surface area contributed by atoms with Crippen LogP contribution in [0.25, 0.3) is 27.9 Å². The Hall–Kier alpha value is -4.18. The number of ether oxygens (including phenoxy) is 2. The van der Waals surface area contributed by atoms with Crippen LogP contribution in [0.4, 0.5) is 0 Å². The van der Waals surface area contributed by atoms with Crippen LogP contribution in [0, 0.1) is 11.3 Å². The number of benzene rings is 2. The van der Waals surface area contributed by atoms with Gasteiger partial charge in [-0.05, 0) is 41.0 Å². The number of rotatable bonds is 5. The first kappa shape index (κ1) is 19.2. The third kappa shape index (κ3) is 3.71. The average molecular weight is 397 g/mol. The lowest BCUT2D eigenvalue weighted by Gasteiger charge is -2.12. The van der Waals surface area contributed by atoms with Crippen molar-refractivity contribution in [3.05, 3.63) is 72.2 Å². The number of allylic oxidation sites excluding steroid dienone is 1. The maximum absolute atomic E-state index is 9.39. The fraction of sp³-hybridized carbons (Fsp3) is 0.130. The van der Waals surface area contributed by atoms with E-state index in [9.17, 15) is 5.26 Å². The average Bonchev–Trinajstić information content (AvgIpc) is 3.22. The van der Waals surface area contributed by atoms with E-state index >= 15 is 0 Å². The van der Waals surface area contributed by atoms with Crippen LogP contribution in [-0.2, 0) is 7.05 Å². The van der Waals surface area contributed by atoms with Gasteiger partial charge in [0, 0.05) is 31.0 Å². The summed E-state index contributed by atoms with van der Waals surface area (Å²) in [5, 5.41) is 13.6. The van der Waals surface area contributed by atoms with E-state index in [0.717, 1.165) is 39.0 Å². The molecule has 0 radical (unpaired) electrons. The van der Waals surface area contributed by atoms with Gasteiger partial charge in [0.05, 0.1) is 49.4 Å². The number of hydrogen-bond acceptors (Lipinski definition) is 6. The number of methoxy groups -OCH3 is 2. The third-order valence-corrected chi connectivity index (χ3v) is 4.73. The van der Waals surface area contributed by atoms with E-state index in [1.807, 2.05) is 43.6 Å². The zero-order valence-electron chi connectivity index (χ0n) is 16.8. The van der Waals surface area contributed by atoms with Gasteiger partial charge in [0.2, 0.25) is 0 Å². The van der Waals surface area contributed by atoms with Crippen molar-refractivity contribution in [2.45, 2.75) is 0 Å². The lowest BCUT2D eigenvalue weighted by Crippen LogP contribution is -1.94. The molecule has 2 aromatic carbocycles. The Kier molecular flexibility index (Phi) is 5.14. The fourth-order valence-electron chi connectivity index (χ4n) is 3.23. The Labute approximate surface area is 173 Å². The van der Waals surface area contributed by atoms with Gasteiger partial charge in [0.25, 0.3) is 0 Å². The van der Waals surface area contributed by atoms with Gasteiger partial charge in [0.15, 0.2) is 0 Å². The molecule has 7 nitrogen and oxygen atoms in total. The maximum Gasteiger partial charge on any atom is 0.123 e. The highest BCUT2D eigenvalue weighted by molar-refractivity contribution is 5.88. The van der Waals surface area contributed by atoms with Crippen LogP contribution in [0.5, 0.6) is 11.5 Å². The number of aryl methyl sites for hydroxylation is 1. The number of fused-ring (bicyclic) bond motifs is 1. The summed E-state index contributed by atoms with van der Waals surface area (Å²) in [6.45, 7) is 0. The van der Waals surface area contributed by atoms with E-state index in [2.05, 4.69) is 16.2 Å². The molecule has 4 aromatic rings. The predicted octanol–water partition coefficient (Wildman–Crippen LogP) is 4.00. The lowest BCUT2D eigenvalue weighted by molar-refractivity contribution is 0.394. The molecular weight excluding hydrogens is 378 g/mol. The second kappa shape index (κ2) is 8.05. The summed E-state index contributed by atoms with van der Waals surface area (Å²) in [5.74, 6) is 1.29. The zero-order valence-corrected chi connectivity index (χ0v) is 16.8. The first-order valence-electron chi connectivity index (χ1n) is 9.20. The molecule has 0 saturated heterocycles. The van der Waals surface area contributed by atoms with Gasteiger partial charge >= 0.3 is 0 Å². The predicted molar refractivity (Wildman–Crippen MR) is 114 cm³/mol. The highest BCUT2D eigenvalue weighted by Gasteiger charge is 2.12. The van der Waals surface area contributed by atoms with Crippen LogP contribution in [0.3, 0.4) is 0 Å². The van der Waals surface area contributed by atoms with Crippen LogP contribution >= 0.6 is 0 Å². The second-order valence-corrected chi connectivity index (χ2v) is 6.65. The number of nitrogens with zero attached hydrogens (tertiary/aromatic N) is 5. The Balaban J connectivity index is 1.83. The van der Waals surface area contributed by atoms with Gasteiger partial charge in [-0.1, -0.05) is 6.07 Å². The SMILES string of the molecule is COc1cc(OC)cc(C(=CC#N)c2ccc3ncc(-c4cnn(C)c4)nc3c2)c1. The van der Waals surface area contributed by atoms with Crippen molar-refractivity contribution in [3.8, 4) is 28.8 Å². The summed E-state index contributed by atoms with van der Waals surface area (Å²) in [5.41, 5.74) is 5.52. The Morgan fingerprint density at radius 1 is 1.00 bits per heavy atom. The summed E-state index contributed by atoms with van der Waals surface area (Å²) in [7, 11) is 5.05. The molecule has 4 rings (SSSR count). The summed E-state index contributed by atoms with van der Waals surface area (Å²) < 4.78 is 12.5. The Morgan fingerprint density at radius 2 is 1.77 bits per heavy atom. The van der Waals surface area contributed by atoms with Crippen LogP contribution in [0.2, 0.25) is 0 Å². The first-order chi connectivity index (χ1) is 14.6. The minimum atomic E-state index is 0.646.